The number of carbonyl (C=O) groups excluding carboxylic acids is 1. The molecule has 2 aromatic rings. The summed E-state index contributed by atoms with van der Waals surface area (Å²) in [4.78, 5) is 14.7. The zero-order chi connectivity index (χ0) is 27.1. The molecule has 7 nitrogen and oxygen atoms in total. The van der Waals surface area contributed by atoms with Crippen LogP contribution < -0.4 is 5.32 Å². The molecule has 1 atom stereocenters. The van der Waals surface area contributed by atoms with Gasteiger partial charge in [-0.25, -0.2) is 8.42 Å². The van der Waals surface area contributed by atoms with Crippen molar-refractivity contribution >= 4 is 50.7 Å². The average molecular weight is 603 g/mol. The summed E-state index contributed by atoms with van der Waals surface area (Å²) in [6.45, 7) is 3.95. The quantitative estimate of drug-likeness (QED) is 0.388. The lowest BCUT2D eigenvalue weighted by atomic mass is 10.1. The SMILES string of the molecule is O=C(COCC1CCCCN1S(=O)(=O)c1c(Cl)cc(Cl)cc1Cl)NCc1ccc(CN2CCCCC2)cc1. The van der Waals surface area contributed by atoms with E-state index in [4.69, 9.17) is 39.5 Å². The van der Waals surface area contributed by atoms with Crippen molar-refractivity contribution in [1.29, 1.82) is 0 Å². The van der Waals surface area contributed by atoms with E-state index < -0.39 is 16.1 Å². The first kappa shape index (κ1) is 29.6. The zero-order valence-corrected chi connectivity index (χ0v) is 24.4. The standard InChI is InChI=1S/C27H34Cl3N3O4S/c28-22-14-24(29)27(25(30)15-22)38(35,36)33-13-5-2-6-23(33)18-37-19-26(34)31-16-20-7-9-21(10-8-20)17-32-11-3-1-4-12-32/h7-10,14-15,23H,1-6,11-13,16-19H2,(H,31,34). The number of likely N-dealkylation sites (tertiary alicyclic amines) is 1. The summed E-state index contributed by atoms with van der Waals surface area (Å²) in [6.07, 6.45) is 6.06. The third-order valence-corrected chi connectivity index (χ3v) is 10.1. The van der Waals surface area contributed by atoms with Crippen molar-refractivity contribution in [2.45, 2.75) is 62.6 Å². The second kappa shape index (κ2) is 13.8. The van der Waals surface area contributed by atoms with Crippen LogP contribution in [0.4, 0.5) is 0 Å². The number of rotatable bonds is 10. The Bertz CT molecular complexity index is 1180. The van der Waals surface area contributed by atoms with Crippen molar-refractivity contribution in [3.63, 3.8) is 0 Å². The lowest BCUT2D eigenvalue weighted by molar-refractivity contribution is -0.126. The van der Waals surface area contributed by atoms with Gasteiger partial charge in [0.2, 0.25) is 15.9 Å². The number of hydrogen-bond donors (Lipinski definition) is 1. The molecule has 11 heteroatoms. The Labute approximate surface area is 240 Å². The van der Waals surface area contributed by atoms with Crippen LogP contribution in [0.1, 0.15) is 49.7 Å². The molecule has 1 amide bonds. The highest BCUT2D eigenvalue weighted by Gasteiger charge is 2.36. The Balaban J connectivity index is 1.25. The van der Waals surface area contributed by atoms with E-state index in [0.717, 1.165) is 38.0 Å². The minimum absolute atomic E-state index is 0.0216. The van der Waals surface area contributed by atoms with Crippen LogP contribution in [0, 0.1) is 0 Å². The second-order valence-electron chi connectivity index (χ2n) is 9.91. The molecule has 0 bridgehead atoms. The number of amides is 1. The molecule has 2 heterocycles. The van der Waals surface area contributed by atoms with Crippen LogP contribution in [-0.4, -0.2) is 62.4 Å². The largest absolute Gasteiger partial charge is 0.370 e. The first-order valence-electron chi connectivity index (χ1n) is 13.0. The summed E-state index contributed by atoms with van der Waals surface area (Å²) in [5.74, 6) is -0.253. The van der Waals surface area contributed by atoms with Gasteiger partial charge in [-0.3, -0.25) is 9.69 Å². The summed E-state index contributed by atoms with van der Waals surface area (Å²) in [7, 11) is -3.97. The second-order valence-corrected chi connectivity index (χ2v) is 13.0. The number of sulfonamides is 1. The molecule has 2 aromatic carbocycles. The van der Waals surface area contributed by atoms with Gasteiger partial charge in [-0.05, 0) is 62.0 Å². The lowest BCUT2D eigenvalue weighted by Crippen LogP contribution is -2.46. The van der Waals surface area contributed by atoms with E-state index >= 15 is 0 Å². The maximum absolute atomic E-state index is 13.4. The molecule has 1 N–H and O–H groups in total. The van der Waals surface area contributed by atoms with Crippen molar-refractivity contribution in [3.8, 4) is 0 Å². The van der Waals surface area contributed by atoms with E-state index in [0.29, 0.717) is 19.5 Å². The van der Waals surface area contributed by atoms with E-state index in [-0.39, 0.29) is 39.1 Å². The number of ether oxygens (including phenoxy) is 1. The molecule has 2 saturated heterocycles. The smallest absolute Gasteiger partial charge is 0.246 e. The van der Waals surface area contributed by atoms with Gasteiger partial charge in [0.05, 0.1) is 16.7 Å². The van der Waals surface area contributed by atoms with Crippen molar-refractivity contribution in [2.24, 2.45) is 0 Å². The fraction of sp³-hybridized carbons (Fsp3) is 0.519. The van der Waals surface area contributed by atoms with Crippen LogP contribution in [0.5, 0.6) is 0 Å². The molecular weight excluding hydrogens is 569 g/mol. The minimum Gasteiger partial charge on any atom is -0.370 e. The van der Waals surface area contributed by atoms with Crippen LogP contribution >= 0.6 is 34.8 Å². The Kier molecular flexibility index (Phi) is 10.7. The van der Waals surface area contributed by atoms with Crippen molar-refractivity contribution in [2.75, 3.05) is 32.8 Å². The number of benzene rings is 2. The van der Waals surface area contributed by atoms with Crippen LogP contribution in [0.3, 0.4) is 0 Å². The first-order chi connectivity index (χ1) is 18.2. The molecule has 0 radical (unpaired) electrons. The summed E-state index contributed by atoms with van der Waals surface area (Å²) in [5.41, 5.74) is 2.29. The molecule has 0 saturated carbocycles. The van der Waals surface area contributed by atoms with Crippen molar-refractivity contribution in [3.05, 3.63) is 62.6 Å². The fourth-order valence-corrected chi connectivity index (χ4v) is 8.20. The third-order valence-electron chi connectivity index (χ3n) is 7.01. The topological polar surface area (TPSA) is 78.9 Å². The van der Waals surface area contributed by atoms with E-state index in [1.165, 1.54) is 41.3 Å². The Morgan fingerprint density at radius 1 is 0.921 bits per heavy atom. The number of hydrogen-bond acceptors (Lipinski definition) is 5. The van der Waals surface area contributed by atoms with E-state index in [9.17, 15) is 13.2 Å². The van der Waals surface area contributed by atoms with Gasteiger partial charge >= 0.3 is 0 Å². The van der Waals surface area contributed by atoms with Gasteiger partial charge in [-0.15, -0.1) is 0 Å². The van der Waals surface area contributed by atoms with Crippen molar-refractivity contribution < 1.29 is 17.9 Å². The Morgan fingerprint density at radius 2 is 1.55 bits per heavy atom. The van der Waals surface area contributed by atoms with Crippen molar-refractivity contribution in [1.82, 2.24) is 14.5 Å². The normalized spacial score (nSPS) is 19.4. The number of nitrogens with one attached hydrogen (secondary N) is 1. The average Bonchev–Trinajstić information content (AvgIpc) is 2.88. The van der Waals surface area contributed by atoms with E-state index in [2.05, 4.69) is 22.3 Å². The lowest BCUT2D eigenvalue weighted by Gasteiger charge is -2.34. The predicted molar refractivity (Wildman–Crippen MR) is 151 cm³/mol. The van der Waals surface area contributed by atoms with Gasteiger partial charge in [-0.1, -0.05) is 71.9 Å². The highest BCUT2D eigenvalue weighted by molar-refractivity contribution is 7.89. The molecule has 2 fully saturated rings. The molecule has 0 aromatic heterocycles. The molecule has 0 spiro atoms. The molecule has 4 rings (SSSR count). The minimum atomic E-state index is -3.97. The Hall–Kier alpha value is -1.39. The maximum Gasteiger partial charge on any atom is 0.246 e. The van der Waals surface area contributed by atoms with Crippen LogP contribution in [0.2, 0.25) is 15.1 Å². The highest BCUT2D eigenvalue weighted by atomic mass is 35.5. The monoisotopic (exact) mass is 601 g/mol. The van der Waals surface area contributed by atoms with E-state index in [1.54, 1.807) is 0 Å². The predicted octanol–water partition coefficient (Wildman–Crippen LogP) is 5.51. The zero-order valence-electron chi connectivity index (χ0n) is 21.3. The number of nitrogens with zero attached hydrogens (tertiary/aromatic N) is 2. The number of piperidine rings is 2. The first-order valence-corrected chi connectivity index (χ1v) is 15.6. The molecule has 2 aliphatic rings. The summed E-state index contributed by atoms with van der Waals surface area (Å²) >= 11 is 18.4. The molecular formula is C27H34Cl3N3O4S. The maximum atomic E-state index is 13.4. The summed E-state index contributed by atoms with van der Waals surface area (Å²) < 4.78 is 33.9. The van der Waals surface area contributed by atoms with Gasteiger partial charge in [0.15, 0.2) is 0 Å². The van der Waals surface area contributed by atoms with Gasteiger partial charge < -0.3 is 10.1 Å². The summed E-state index contributed by atoms with van der Waals surface area (Å²) in [6, 6.07) is 10.6. The molecule has 38 heavy (non-hydrogen) atoms. The number of carbonyl (C=O) groups is 1. The molecule has 0 aliphatic carbocycles. The van der Waals surface area contributed by atoms with Gasteiger partial charge in [0.1, 0.15) is 11.5 Å². The molecule has 1 unspecified atom stereocenters. The van der Waals surface area contributed by atoms with E-state index in [1.807, 2.05) is 12.1 Å². The van der Waals surface area contributed by atoms with Crippen LogP contribution in [0.15, 0.2) is 41.3 Å². The van der Waals surface area contributed by atoms with Crippen LogP contribution in [0.25, 0.3) is 0 Å². The fourth-order valence-electron chi connectivity index (χ4n) is 5.03. The number of halogens is 3. The van der Waals surface area contributed by atoms with Gasteiger partial charge in [-0.2, -0.15) is 4.31 Å². The summed E-state index contributed by atoms with van der Waals surface area (Å²) in [5, 5.41) is 3.09. The van der Waals surface area contributed by atoms with Gasteiger partial charge in [0.25, 0.3) is 0 Å². The Morgan fingerprint density at radius 3 is 2.24 bits per heavy atom. The van der Waals surface area contributed by atoms with Crippen LogP contribution in [-0.2, 0) is 32.6 Å². The van der Waals surface area contributed by atoms with Gasteiger partial charge in [0, 0.05) is 30.7 Å². The molecule has 2 aliphatic heterocycles. The highest BCUT2D eigenvalue weighted by Crippen LogP contribution is 2.36. The molecule has 208 valence electrons. The third kappa shape index (κ3) is 7.84.